The molecule has 1 N–H and O–H groups in total. The van der Waals surface area contributed by atoms with Crippen LogP contribution in [0.1, 0.15) is 52.9 Å². The van der Waals surface area contributed by atoms with Gasteiger partial charge in [0.2, 0.25) is 0 Å². The summed E-state index contributed by atoms with van der Waals surface area (Å²) in [5, 5.41) is 3.75. The normalized spacial score (nSPS) is 34.8. The van der Waals surface area contributed by atoms with Gasteiger partial charge in [-0.3, -0.25) is 4.90 Å². The van der Waals surface area contributed by atoms with Gasteiger partial charge in [0.15, 0.2) is 0 Å². The van der Waals surface area contributed by atoms with Crippen molar-refractivity contribution in [1.82, 2.24) is 10.2 Å². The molecular weight excluding hydrogens is 224 g/mol. The van der Waals surface area contributed by atoms with Crippen molar-refractivity contribution in [2.24, 2.45) is 0 Å². The summed E-state index contributed by atoms with van der Waals surface area (Å²) < 4.78 is 5.90. The third-order valence-corrected chi connectivity index (χ3v) is 4.86. The molecule has 18 heavy (non-hydrogen) atoms. The van der Waals surface area contributed by atoms with Crippen LogP contribution in [0, 0.1) is 0 Å². The molecule has 3 unspecified atom stereocenters. The Morgan fingerprint density at radius 2 is 2.11 bits per heavy atom. The van der Waals surface area contributed by atoms with Crippen LogP contribution >= 0.6 is 0 Å². The zero-order chi connectivity index (χ0) is 13.2. The standard InChI is InChI=1S/C15H30N2O/c1-5-15(3)10-13(8-9-18-15)16-11-12(2)17(4)14-6-7-14/h12-14,16H,5-11H2,1-4H3. The molecule has 0 spiro atoms. The second kappa shape index (κ2) is 5.89. The lowest BCUT2D eigenvalue weighted by Crippen LogP contribution is -2.48. The van der Waals surface area contributed by atoms with Gasteiger partial charge in [0.1, 0.15) is 0 Å². The predicted octanol–water partition coefficient (Wildman–Crippen LogP) is 2.41. The fourth-order valence-corrected chi connectivity index (χ4v) is 2.87. The molecule has 1 heterocycles. The zero-order valence-electron chi connectivity index (χ0n) is 12.5. The van der Waals surface area contributed by atoms with Crippen LogP contribution in [-0.4, -0.2) is 48.8 Å². The first-order chi connectivity index (χ1) is 8.54. The Kier molecular flexibility index (Phi) is 4.68. The largest absolute Gasteiger partial charge is 0.375 e. The summed E-state index contributed by atoms with van der Waals surface area (Å²) in [6, 6.07) is 2.14. The van der Waals surface area contributed by atoms with E-state index < -0.39 is 0 Å². The molecule has 1 saturated carbocycles. The maximum absolute atomic E-state index is 5.90. The van der Waals surface area contributed by atoms with Crippen LogP contribution < -0.4 is 5.32 Å². The Hall–Kier alpha value is -0.120. The van der Waals surface area contributed by atoms with Crippen molar-refractivity contribution in [3.8, 4) is 0 Å². The van der Waals surface area contributed by atoms with Gasteiger partial charge in [-0.2, -0.15) is 0 Å². The van der Waals surface area contributed by atoms with E-state index in [9.17, 15) is 0 Å². The molecule has 3 atom stereocenters. The average Bonchev–Trinajstić information content (AvgIpc) is 3.19. The summed E-state index contributed by atoms with van der Waals surface area (Å²) in [6.07, 6.45) is 6.22. The molecule has 3 nitrogen and oxygen atoms in total. The highest BCUT2D eigenvalue weighted by Crippen LogP contribution is 2.28. The Bertz CT molecular complexity index is 267. The summed E-state index contributed by atoms with van der Waals surface area (Å²) >= 11 is 0. The van der Waals surface area contributed by atoms with E-state index >= 15 is 0 Å². The van der Waals surface area contributed by atoms with Gasteiger partial charge >= 0.3 is 0 Å². The van der Waals surface area contributed by atoms with Crippen LogP contribution in [0.4, 0.5) is 0 Å². The maximum atomic E-state index is 5.90. The molecule has 0 aromatic rings. The molecule has 1 aliphatic heterocycles. The SMILES string of the molecule is CCC1(C)CC(NCC(C)N(C)C2CC2)CCO1. The summed E-state index contributed by atoms with van der Waals surface area (Å²) in [5.41, 5.74) is 0.0988. The molecule has 1 saturated heterocycles. The minimum atomic E-state index is 0.0988. The zero-order valence-corrected chi connectivity index (χ0v) is 12.5. The summed E-state index contributed by atoms with van der Waals surface area (Å²) in [7, 11) is 2.27. The molecule has 0 bridgehead atoms. The first-order valence-electron chi connectivity index (χ1n) is 7.63. The fourth-order valence-electron chi connectivity index (χ4n) is 2.87. The number of nitrogens with zero attached hydrogens (tertiary/aromatic N) is 1. The van der Waals surface area contributed by atoms with Crippen molar-refractivity contribution in [2.45, 2.75) is 76.6 Å². The average molecular weight is 254 g/mol. The number of hydrogen-bond donors (Lipinski definition) is 1. The molecule has 0 amide bonds. The quantitative estimate of drug-likeness (QED) is 0.788. The Morgan fingerprint density at radius 3 is 2.72 bits per heavy atom. The highest BCUT2D eigenvalue weighted by molar-refractivity contribution is 4.88. The van der Waals surface area contributed by atoms with Gasteiger partial charge in [-0.1, -0.05) is 6.92 Å². The van der Waals surface area contributed by atoms with Gasteiger partial charge < -0.3 is 10.1 Å². The minimum absolute atomic E-state index is 0.0988. The van der Waals surface area contributed by atoms with Crippen LogP contribution in [0.5, 0.6) is 0 Å². The van der Waals surface area contributed by atoms with Crippen LogP contribution in [0.25, 0.3) is 0 Å². The molecule has 2 rings (SSSR count). The molecule has 1 aliphatic carbocycles. The molecule has 2 aliphatic rings. The first kappa shape index (κ1) is 14.3. The maximum Gasteiger partial charge on any atom is 0.0666 e. The molecule has 2 fully saturated rings. The van der Waals surface area contributed by atoms with Gasteiger partial charge in [0, 0.05) is 31.3 Å². The number of ether oxygens (including phenoxy) is 1. The van der Waals surface area contributed by atoms with Crippen LogP contribution in [-0.2, 0) is 4.74 Å². The Balaban J connectivity index is 1.72. The van der Waals surface area contributed by atoms with Crippen LogP contribution in [0.3, 0.4) is 0 Å². The van der Waals surface area contributed by atoms with Gasteiger partial charge in [-0.05, 0) is 53.0 Å². The Labute approximate surface area is 112 Å². The number of likely N-dealkylation sites (N-methyl/N-ethyl adjacent to an activating group) is 1. The van der Waals surface area contributed by atoms with E-state index in [-0.39, 0.29) is 5.60 Å². The molecule has 3 heteroatoms. The first-order valence-corrected chi connectivity index (χ1v) is 7.63. The van der Waals surface area contributed by atoms with Crippen molar-refractivity contribution in [3.05, 3.63) is 0 Å². The van der Waals surface area contributed by atoms with E-state index in [1.807, 2.05) is 0 Å². The van der Waals surface area contributed by atoms with Gasteiger partial charge in [0.25, 0.3) is 0 Å². The predicted molar refractivity (Wildman–Crippen MR) is 75.9 cm³/mol. The van der Waals surface area contributed by atoms with Crippen molar-refractivity contribution >= 4 is 0 Å². The Morgan fingerprint density at radius 1 is 1.39 bits per heavy atom. The van der Waals surface area contributed by atoms with Crippen LogP contribution in [0.2, 0.25) is 0 Å². The summed E-state index contributed by atoms with van der Waals surface area (Å²) in [5.74, 6) is 0. The number of hydrogen-bond acceptors (Lipinski definition) is 3. The highest BCUT2D eigenvalue weighted by Gasteiger charge is 2.32. The number of nitrogens with one attached hydrogen (secondary N) is 1. The van der Waals surface area contributed by atoms with Gasteiger partial charge in [-0.25, -0.2) is 0 Å². The van der Waals surface area contributed by atoms with E-state index in [0.717, 1.165) is 38.5 Å². The summed E-state index contributed by atoms with van der Waals surface area (Å²) in [6.45, 7) is 8.84. The fraction of sp³-hybridized carbons (Fsp3) is 1.00. The summed E-state index contributed by atoms with van der Waals surface area (Å²) in [4.78, 5) is 2.53. The van der Waals surface area contributed by atoms with Gasteiger partial charge in [0.05, 0.1) is 5.60 Å². The smallest absolute Gasteiger partial charge is 0.0666 e. The second-order valence-corrected chi connectivity index (χ2v) is 6.50. The second-order valence-electron chi connectivity index (χ2n) is 6.50. The molecule has 0 aromatic heterocycles. The van der Waals surface area contributed by atoms with Crippen molar-refractivity contribution < 1.29 is 4.74 Å². The molecule has 106 valence electrons. The lowest BCUT2D eigenvalue weighted by Gasteiger charge is -2.39. The third-order valence-electron chi connectivity index (χ3n) is 4.86. The van der Waals surface area contributed by atoms with E-state index in [4.69, 9.17) is 4.74 Å². The lowest BCUT2D eigenvalue weighted by molar-refractivity contribution is -0.0783. The topological polar surface area (TPSA) is 24.5 Å². The van der Waals surface area contributed by atoms with Gasteiger partial charge in [-0.15, -0.1) is 0 Å². The van der Waals surface area contributed by atoms with E-state index in [1.165, 1.54) is 12.8 Å². The van der Waals surface area contributed by atoms with E-state index in [0.29, 0.717) is 12.1 Å². The highest BCUT2D eigenvalue weighted by atomic mass is 16.5. The monoisotopic (exact) mass is 254 g/mol. The van der Waals surface area contributed by atoms with Crippen molar-refractivity contribution in [1.29, 1.82) is 0 Å². The van der Waals surface area contributed by atoms with Crippen LogP contribution in [0.15, 0.2) is 0 Å². The lowest BCUT2D eigenvalue weighted by atomic mass is 9.90. The molecule has 0 radical (unpaired) electrons. The number of rotatable bonds is 6. The molecule has 0 aromatic carbocycles. The van der Waals surface area contributed by atoms with E-state index in [2.05, 4.69) is 38.0 Å². The van der Waals surface area contributed by atoms with Crippen molar-refractivity contribution in [3.63, 3.8) is 0 Å². The van der Waals surface area contributed by atoms with Crippen molar-refractivity contribution in [2.75, 3.05) is 20.2 Å². The van der Waals surface area contributed by atoms with E-state index in [1.54, 1.807) is 0 Å². The molecular formula is C15H30N2O. The minimum Gasteiger partial charge on any atom is -0.375 e. The third kappa shape index (κ3) is 3.69.